The normalized spacial score (nSPS) is 11.3. The maximum absolute atomic E-state index is 12.6. The molecule has 6 nitrogen and oxygen atoms in total. The summed E-state index contributed by atoms with van der Waals surface area (Å²) in [5, 5.41) is 9.11. The summed E-state index contributed by atoms with van der Waals surface area (Å²) in [4.78, 5) is 18.6. The molecule has 0 bridgehead atoms. The summed E-state index contributed by atoms with van der Waals surface area (Å²) in [5.74, 6) is 5.80. The Labute approximate surface area is 126 Å². The molecular weight excluding hydrogens is 268 g/mol. The highest BCUT2D eigenvalue weighted by molar-refractivity contribution is 5.95. The maximum atomic E-state index is 12.6. The number of pyridine rings is 1. The van der Waals surface area contributed by atoms with Gasteiger partial charge in [0.1, 0.15) is 5.82 Å². The SMILES string of the molecule is CCCN(CCO)C(=O)c1cc(NN)nc(C(C)(C)C)c1. The van der Waals surface area contributed by atoms with E-state index in [4.69, 9.17) is 10.9 Å². The molecule has 21 heavy (non-hydrogen) atoms. The number of hydrogen-bond acceptors (Lipinski definition) is 5. The fourth-order valence-electron chi connectivity index (χ4n) is 2.00. The highest BCUT2D eigenvalue weighted by atomic mass is 16.3. The summed E-state index contributed by atoms with van der Waals surface area (Å²) < 4.78 is 0. The number of hydrazine groups is 1. The topological polar surface area (TPSA) is 91.5 Å². The lowest BCUT2D eigenvalue weighted by molar-refractivity contribution is 0.0721. The Balaban J connectivity index is 3.18. The predicted molar refractivity (Wildman–Crippen MR) is 84.0 cm³/mol. The molecule has 0 radical (unpaired) electrons. The van der Waals surface area contributed by atoms with Crippen LogP contribution in [0.25, 0.3) is 0 Å². The fourth-order valence-corrected chi connectivity index (χ4v) is 2.00. The van der Waals surface area contributed by atoms with Gasteiger partial charge in [-0.1, -0.05) is 27.7 Å². The van der Waals surface area contributed by atoms with Gasteiger partial charge in [-0.25, -0.2) is 10.8 Å². The molecule has 0 aliphatic rings. The number of anilines is 1. The second kappa shape index (κ2) is 7.38. The van der Waals surface area contributed by atoms with Crippen LogP contribution in [-0.4, -0.2) is 40.6 Å². The molecule has 0 spiro atoms. The first-order chi connectivity index (χ1) is 9.83. The Kier molecular flexibility index (Phi) is 6.11. The van der Waals surface area contributed by atoms with Crippen LogP contribution in [0.2, 0.25) is 0 Å². The lowest BCUT2D eigenvalue weighted by atomic mass is 9.90. The van der Waals surface area contributed by atoms with Crippen LogP contribution in [0.4, 0.5) is 5.82 Å². The highest BCUT2D eigenvalue weighted by Crippen LogP contribution is 2.23. The first kappa shape index (κ1) is 17.4. The number of nitrogen functional groups attached to an aromatic ring is 1. The molecular formula is C15H26N4O2. The number of nitrogens with two attached hydrogens (primary N) is 1. The van der Waals surface area contributed by atoms with E-state index in [2.05, 4.69) is 10.4 Å². The van der Waals surface area contributed by atoms with Crippen molar-refractivity contribution in [3.05, 3.63) is 23.4 Å². The summed E-state index contributed by atoms with van der Waals surface area (Å²) in [5.41, 5.74) is 3.65. The molecule has 1 aromatic heterocycles. The second-order valence-electron chi connectivity index (χ2n) is 6.04. The van der Waals surface area contributed by atoms with Gasteiger partial charge in [-0.2, -0.15) is 0 Å². The summed E-state index contributed by atoms with van der Waals surface area (Å²) in [6, 6.07) is 3.43. The van der Waals surface area contributed by atoms with Gasteiger partial charge in [-0.05, 0) is 18.6 Å². The van der Waals surface area contributed by atoms with Gasteiger partial charge in [0.25, 0.3) is 5.91 Å². The van der Waals surface area contributed by atoms with Crippen molar-refractivity contribution in [2.45, 2.75) is 39.5 Å². The molecule has 1 heterocycles. The number of aliphatic hydroxyl groups excluding tert-OH is 1. The minimum atomic E-state index is -0.186. The van der Waals surface area contributed by atoms with E-state index < -0.39 is 0 Å². The first-order valence-electron chi connectivity index (χ1n) is 7.22. The van der Waals surface area contributed by atoms with E-state index in [1.165, 1.54) is 0 Å². The summed E-state index contributed by atoms with van der Waals surface area (Å²) in [6.45, 7) is 8.97. The molecule has 118 valence electrons. The molecule has 6 heteroatoms. The zero-order valence-electron chi connectivity index (χ0n) is 13.3. The number of aliphatic hydroxyl groups is 1. The molecule has 0 saturated carbocycles. The van der Waals surface area contributed by atoms with E-state index in [-0.39, 0.29) is 17.9 Å². The molecule has 0 aromatic carbocycles. The summed E-state index contributed by atoms with van der Waals surface area (Å²) in [6.07, 6.45) is 0.838. The largest absolute Gasteiger partial charge is 0.395 e. The third-order valence-corrected chi connectivity index (χ3v) is 3.14. The number of carbonyl (C=O) groups is 1. The van der Waals surface area contributed by atoms with Crippen molar-refractivity contribution in [1.82, 2.24) is 9.88 Å². The third-order valence-electron chi connectivity index (χ3n) is 3.14. The summed E-state index contributed by atoms with van der Waals surface area (Å²) >= 11 is 0. The molecule has 0 atom stereocenters. The van der Waals surface area contributed by atoms with Gasteiger partial charge >= 0.3 is 0 Å². The quantitative estimate of drug-likeness (QED) is 0.546. The van der Waals surface area contributed by atoms with Crippen LogP contribution >= 0.6 is 0 Å². The van der Waals surface area contributed by atoms with Crippen LogP contribution in [0.5, 0.6) is 0 Å². The van der Waals surface area contributed by atoms with Crippen LogP contribution in [0, 0.1) is 0 Å². The standard InChI is InChI=1S/C15H26N4O2/c1-5-6-19(7-8-20)14(21)11-9-12(15(2,3)4)17-13(10-11)18-16/h9-10,20H,5-8,16H2,1-4H3,(H,17,18). The van der Waals surface area contributed by atoms with Crippen LogP contribution in [0.15, 0.2) is 12.1 Å². The second-order valence-corrected chi connectivity index (χ2v) is 6.04. The van der Waals surface area contributed by atoms with Crippen molar-refractivity contribution < 1.29 is 9.90 Å². The Morgan fingerprint density at radius 1 is 1.38 bits per heavy atom. The maximum Gasteiger partial charge on any atom is 0.254 e. The number of hydrogen-bond donors (Lipinski definition) is 3. The van der Waals surface area contributed by atoms with Gasteiger partial charge in [-0.15, -0.1) is 0 Å². The molecule has 1 amide bonds. The highest BCUT2D eigenvalue weighted by Gasteiger charge is 2.21. The molecule has 0 aliphatic carbocycles. The van der Waals surface area contributed by atoms with E-state index in [1.807, 2.05) is 27.7 Å². The van der Waals surface area contributed by atoms with Gasteiger partial charge < -0.3 is 15.4 Å². The Bertz CT molecular complexity index is 477. The smallest absolute Gasteiger partial charge is 0.254 e. The van der Waals surface area contributed by atoms with Crippen LogP contribution in [-0.2, 0) is 5.41 Å². The van der Waals surface area contributed by atoms with Gasteiger partial charge in [-0.3, -0.25) is 4.79 Å². The number of aromatic nitrogens is 1. The van der Waals surface area contributed by atoms with Crippen LogP contribution < -0.4 is 11.3 Å². The predicted octanol–water partition coefficient (Wildman–Crippen LogP) is 1.51. The third kappa shape index (κ3) is 4.68. The minimum absolute atomic E-state index is 0.0506. The zero-order chi connectivity index (χ0) is 16.0. The fraction of sp³-hybridized carbons (Fsp3) is 0.600. The van der Waals surface area contributed by atoms with E-state index in [0.717, 1.165) is 12.1 Å². The van der Waals surface area contributed by atoms with Gasteiger partial charge in [0.2, 0.25) is 0 Å². The molecule has 0 fully saturated rings. The number of nitrogens with zero attached hydrogens (tertiary/aromatic N) is 2. The van der Waals surface area contributed by atoms with E-state index in [0.29, 0.717) is 24.5 Å². The first-order valence-corrected chi connectivity index (χ1v) is 7.22. The van der Waals surface area contributed by atoms with Gasteiger partial charge in [0, 0.05) is 29.8 Å². The molecule has 1 rings (SSSR count). The molecule has 0 unspecified atom stereocenters. The molecule has 4 N–H and O–H groups in total. The molecule has 0 aliphatic heterocycles. The van der Waals surface area contributed by atoms with Crippen molar-refractivity contribution in [2.75, 3.05) is 25.1 Å². The van der Waals surface area contributed by atoms with E-state index in [9.17, 15) is 4.79 Å². The minimum Gasteiger partial charge on any atom is -0.395 e. The van der Waals surface area contributed by atoms with Crippen molar-refractivity contribution in [3.63, 3.8) is 0 Å². The van der Waals surface area contributed by atoms with Crippen molar-refractivity contribution in [1.29, 1.82) is 0 Å². The van der Waals surface area contributed by atoms with Crippen molar-refractivity contribution >= 4 is 11.7 Å². The zero-order valence-corrected chi connectivity index (χ0v) is 13.3. The van der Waals surface area contributed by atoms with E-state index >= 15 is 0 Å². The molecule has 1 aromatic rings. The van der Waals surface area contributed by atoms with Gasteiger partial charge in [0.05, 0.1) is 6.61 Å². The van der Waals surface area contributed by atoms with Crippen molar-refractivity contribution in [2.24, 2.45) is 5.84 Å². The Morgan fingerprint density at radius 3 is 2.52 bits per heavy atom. The number of nitrogens with one attached hydrogen (secondary N) is 1. The Hall–Kier alpha value is -1.66. The van der Waals surface area contributed by atoms with Gasteiger partial charge in [0.15, 0.2) is 0 Å². The number of carbonyl (C=O) groups excluding carboxylic acids is 1. The van der Waals surface area contributed by atoms with Crippen LogP contribution in [0.1, 0.15) is 50.2 Å². The molecule has 0 saturated heterocycles. The number of rotatable bonds is 6. The summed E-state index contributed by atoms with van der Waals surface area (Å²) in [7, 11) is 0. The Morgan fingerprint density at radius 2 is 2.05 bits per heavy atom. The monoisotopic (exact) mass is 294 g/mol. The average Bonchev–Trinajstić information content (AvgIpc) is 2.44. The number of amides is 1. The van der Waals surface area contributed by atoms with Crippen molar-refractivity contribution in [3.8, 4) is 0 Å². The average molecular weight is 294 g/mol. The lowest BCUT2D eigenvalue weighted by Crippen LogP contribution is -2.34. The van der Waals surface area contributed by atoms with E-state index in [1.54, 1.807) is 17.0 Å². The lowest BCUT2D eigenvalue weighted by Gasteiger charge is -2.23. The van der Waals surface area contributed by atoms with Crippen LogP contribution in [0.3, 0.4) is 0 Å².